The Kier molecular flexibility index (Phi) is 23.5. The van der Waals surface area contributed by atoms with E-state index in [1.807, 2.05) is 32.0 Å². The molecule has 9 amide bonds. The molecule has 15 N–H and O–H groups in total. The first kappa shape index (κ1) is 54.8. The molecule has 0 bridgehead atoms. The number of carboxylic acid groups (broad SMARTS) is 1. The number of aliphatic hydroxyl groups is 2. The van der Waals surface area contributed by atoms with Crippen LogP contribution in [0.5, 0.6) is 0 Å². The number of benzene rings is 1. The van der Waals surface area contributed by atoms with E-state index in [1.165, 1.54) is 20.8 Å². The number of hydrogen-bond acceptors (Lipinski definition) is 13. The molecule has 0 aliphatic carbocycles. The highest BCUT2D eigenvalue weighted by atomic mass is 16.4. The zero-order chi connectivity index (χ0) is 48.1. The van der Waals surface area contributed by atoms with Gasteiger partial charge >= 0.3 is 5.97 Å². The lowest BCUT2D eigenvalue weighted by atomic mass is 10.0. The lowest BCUT2D eigenvalue weighted by molar-refractivity contribution is -0.142. The van der Waals surface area contributed by atoms with E-state index in [0.717, 1.165) is 5.56 Å². The summed E-state index contributed by atoms with van der Waals surface area (Å²) >= 11 is 0. The van der Waals surface area contributed by atoms with Crippen LogP contribution in [-0.2, 0) is 54.4 Å². The molecule has 23 nitrogen and oxygen atoms in total. The fraction of sp³-hybridized carbons (Fsp3) is 0.600. The molecule has 63 heavy (non-hydrogen) atoms. The highest BCUT2D eigenvalue weighted by molar-refractivity contribution is 5.98. The first-order chi connectivity index (χ1) is 29.4. The second kappa shape index (κ2) is 27.0. The molecule has 1 aromatic carbocycles. The molecule has 352 valence electrons. The fourth-order valence-corrected chi connectivity index (χ4v) is 5.68. The molecule has 1 aromatic rings. The molecule has 0 aromatic heterocycles. The average Bonchev–Trinajstić information content (AvgIpc) is 3.21. The molecule has 0 aliphatic rings. The standard InChI is InChI=1S/C40H64N10O13/c1-19(2)15-27(47-35(57)25(41)16-24-11-9-8-10-12-24)36(58)43-22(6)33(55)48-28(17-51)37(59)45-23(7)34(56)50-31(20(3)4)39(61)49-29(18-52)38(60)44-21(5)32(54)46-26(40(62)63)13-14-30(42)53/h8-12,19-23,25-29,31,51-52H,13-18,41H2,1-7H3,(H2,42,53)(H,43,58)(H,44,60)(H,45,59)(H,46,54)(H,47,57)(H,48,55)(H,49,61)(H,50,56)(H,62,63)/t21-,22-,23-,25-,26-,27-,28-,29-,31-/m0/s1. The van der Waals surface area contributed by atoms with Gasteiger partial charge in [0.25, 0.3) is 0 Å². The van der Waals surface area contributed by atoms with Crippen molar-refractivity contribution in [1.29, 1.82) is 0 Å². The molecule has 0 unspecified atom stereocenters. The predicted molar refractivity (Wildman–Crippen MR) is 225 cm³/mol. The number of primary amides is 1. The summed E-state index contributed by atoms with van der Waals surface area (Å²) in [6, 6.07) is -3.04. The Bertz CT molecular complexity index is 1760. The first-order valence-corrected chi connectivity index (χ1v) is 20.4. The summed E-state index contributed by atoms with van der Waals surface area (Å²) < 4.78 is 0. The monoisotopic (exact) mass is 892 g/mol. The van der Waals surface area contributed by atoms with Gasteiger partial charge < -0.3 is 69.3 Å². The maximum atomic E-state index is 13.2. The Morgan fingerprint density at radius 2 is 0.952 bits per heavy atom. The van der Waals surface area contributed by atoms with Crippen LogP contribution in [0.2, 0.25) is 0 Å². The smallest absolute Gasteiger partial charge is 0.326 e. The fourth-order valence-electron chi connectivity index (χ4n) is 5.68. The molecule has 9 atom stereocenters. The van der Waals surface area contributed by atoms with Crippen LogP contribution < -0.4 is 54.0 Å². The quantitative estimate of drug-likeness (QED) is 0.0396. The second-order valence-electron chi connectivity index (χ2n) is 15.8. The first-order valence-electron chi connectivity index (χ1n) is 20.4. The molecule has 23 heteroatoms. The SMILES string of the molecule is CC(C)C[C@H](NC(=O)[C@@H](N)Cc1ccccc1)C(=O)N[C@@H](C)C(=O)N[C@@H](CO)C(=O)N[C@@H](C)C(=O)N[C@H](C(=O)N[C@@H](CO)C(=O)N[C@@H](C)C(=O)N[C@@H](CCC(N)=O)C(=O)O)C(C)C. The van der Waals surface area contributed by atoms with Crippen molar-refractivity contribution < 1.29 is 63.3 Å². The van der Waals surface area contributed by atoms with Crippen molar-refractivity contribution in [2.45, 2.75) is 129 Å². The van der Waals surface area contributed by atoms with Gasteiger partial charge in [-0.25, -0.2) is 4.79 Å². The van der Waals surface area contributed by atoms with E-state index in [1.54, 1.807) is 26.0 Å². The lowest BCUT2D eigenvalue weighted by Gasteiger charge is -2.27. The Morgan fingerprint density at radius 1 is 0.540 bits per heavy atom. The van der Waals surface area contributed by atoms with Gasteiger partial charge in [-0.2, -0.15) is 0 Å². The number of carboxylic acids is 1. The van der Waals surface area contributed by atoms with E-state index in [2.05, 4.69) is 42.5 Å². The van der Waals surface area contributed by atoms with Crippen LogP contribution in [0, 0.1) is 11.8 Å². The Morgan fingerprint density at radius 3 is 1.37 bits per heavy atom. The second-order valence-corrected chi connectivity index (χ2v) is 15.8. The lowest BCUT2D eigenvalue weighted by Crippen LogP contribution is -2.61. The van der Waals surface area contributed by atoms with Crippen molar-refractivity contribution >= 4 is 59.1 Å². The van der Waals surface area contributed by atoms with Gasteiger partial charge in [0.15, 0.2) is 0 Å². The molecule has 0 aliphatic heterocycles. The number of aliphatic carboxylic acids is 1. The zero-order valence-corrected chi connectivity index (χ0v) is 36.6. The zero-order valence-electron chi connectivity index (χ0n) is 36.6. The molecule has 1 rings (SSSR count). The molecular formula is C40H64N10O13. The third-order valence-corrected chi connectivity index (χ3v) is 9.40. The van der Waals surface area contributed by atoms with Crippen molar-refractivity contribution in [2.24, 2.45) is 23.3 Å². The van der Waals surface area contributed by atoms with Gasteiger partial charge in [-0.1, -0.05) is 58.0 Å². The maximum absolute atomic E-state index is 13.2. The number of carbonyl (C=O) groups is 10. The Balaban J connectivity index is 2.85. The van der Waals surface area contributed by atoms with Gasteiger partial charge in [-0.15, -0.1) is 0 Å². The van der Waals surface area contributed by atoms with Crippen LogP contribution in [-0.4, -0.2) is 142 Å². The number of hydrogen-bond donors (Lipinski definition) is 13. The summed E-state index contributed by atoms with van der Waals surface area (Å²) in [4.78, 5) is 127. The molecular weight excluding hydrogens is 828 g/mol. The summed E-state index contributed by atoms with van der Waals surface area (Å²) in [5.41, 5.74) is 12.0. The third-order valence-electron chi connectivity index (χ3n) is 9.40. The van der Waals surface area contributed by atoms with E-state index in [0.29, 0.717) is 0 Å². The summed E-state index contributed by atoms with van der Waals surface area (Å²) in [5, 5.41) is 48.0. The number of aliphatic hydroxyl groups excluding tert-OH is 2. The van der Waals surface area contributed by atoms with Crippen LogP contribution in [0.15, 0.2) is 30.3 Å². The predicted octanol–water partition coefficient (Wildman–Crippen LogP) is -4.47. The van der Waals surface area contributed by atoms with Gasteiger partial charge in [0.1, 0.15) is 48.3 Å². The minimum absolute atomic E-state index is 0.0479. The number of carbonyl (C=O) groups excluding carboxylic acids is 9. The van der Waals surface area contributed by atoms with Crippen molar-refractivity contribution in [3.8, 4) is 0 Å². The van der Waals surface area contributed by atoms with Crippen molar-refractivity contribution in [2.75, 3.05) is 13.2 Å². The van der Waals surface area contributed by atoms with Gasteiger partial charge in [-0.3, -0.25) is 43.2 Å². The summed E-state index contributed by atoms with van der Waals surface area (Å²) in [6.07, 6.45) is -0.218. The van der Waals surface area contributed by atoms with E-state index >= 15 is 0 Å². The summed E-state index contributed by atoms with van der Waals surface area (Å²) in [5.74, 6) is -9.92. The van der Waals surface area contributed by atoms with Crippen LogP contribution in [0.3, 0.4) is 0 Å². The molecule has 0 fully saturated rings. The van der Waals surface area contributed by atoms with Crippen molar-refractivity contribution in [3.05, 3.63) is 35.9 Å². The molecule has 0 heterocycles. The van der Waals surface area contributed by atoms with Gasteiger partial charge in [-0.05, 0) is 57.4 Å². The largest absolute Gasteiger partial charge is 0.480 e. The minimum atomic E-state index is -1.64. The topological polar surface area (TPSA) is 380 Å². The molecule has 0 saturated carbocycles. The van der Waals surface area contributed by atoms with Crippen molar-refractivity contribution in [1.82, 2.24) is 42.5 Å². The minimum Gasteiger partial charge on any atom is -0.480 e. The van der Waals surface area contributed by atoms with Crippen LogP contribution in [0.25, 0.3) is 0 Å². The van der Waals surface area contributed by atoms with E-state index in [-0.39, 0.29) is 31.6 Å². The van der Waals surface area contributed by atoms with Crippen LogP contribution in [0.1, 0.15) is 73.3 Å². The third kappa shape index (κ3) is 19.6. The maximum Gasteiger partial charge on any atom is 0.326 e. The van der Waals surface area contributed by atoms with Gasteiger partial charge in [0.05, 0.1) is 19.3 Å². The highest BCUT2D eigenvalue weighted by Crippen LogP contribution is 2.09. The van der Waals surface area contributed by atoms with Crippen LogP contribution in [0.4, 0.5) is 0 Å². The number of rotatable bonds is 27. The van der Waals surface area contributed by atoms with E-state index in [4.69, 9.17) is 11.5 Å². The average molecular weight is 893 g/mol. The molecule has 0 radical (unpaired) electrons. The van der Waals surface area contributed by atoms with E-state index < -0.39 is 133 Å². The summed E-state index contributed by atoms with van der Waals surface area (Å²) in [6.45, 7) is 8.64. The van der Waals surface area contributed by atoms with E-state index in [9.17, 15) is 63.3 Å². The van der Waals surface area contributed by atoms with Crippen molar-refractivity contribution in [3.63, 3.8) is 0 Å². The number of nitrogens with one attached hydrogen (secondary N) is 8. The molecule has 0 saturated heterocycles. The molecule has 0 spiro atoms. The highest BCUT2D eigenvalue weighted by Gasteiger charge is 2.33. The number of nitrogens with two attached hydrogens (primary N) is 2. The summed E-state index contributed by atoms with van der Waals surface area (Å²) in [7, 11) is 0. The number of amides is 9. The van der Waals surface area contributed by atoms with Gasteiger partial charge in [0, 0.05) is 6.42 Å². The van der Waals surface area contributed by atoms with Crippen LogP contribution >= 0.6 is 0 Å². The Hall–Kier alpha value is -6.20. The normalized spacial score (nSPS) is 15.4. The Labute approximate surface area is 365 Å². The van der Waals surface area contributed by atoms with Gasteiger partial charge in [0.2, 0.25) is 53.2 Å².